The van der Waals surface area contributed by atoms with E-state index in [1.165, 1.54) is 25.7 Å². The highest BCUT2D eigenvalue weighted by atomic mass is 16.4. The van der Waals surface area contributed by atoms with Gasteiger partial charge in [0.15, 0.2) is 0 Å². The van der Waals surface area contributed by atoms with Gasteiger partial charge in [-0.1, -0.05) is 71.4 Å². The second-order valence-electron chi connectivity index (χ2n) is 5.91. The number of allylic oxidation sites excluding steroid dienone is 1. The van der Waals surface area contributed by atoms with E-state index >= 15 is 0 Å². The monoisotopic (exact) mass is 314 g/mol. The Kier molecular flexibility index (Phi) is 19.4. The first-order valence-corrected chi connectivity index (χ1v) is 8.71. The van der Waals surface area contributed by atoms with Gasteiger partial charge >= 0.3 is 5.97 Å². The first-order valence-electron chi connectivity index (χ1n) is 8.71. The van der Waals surface area contributed by atoms with Crippen LogP contribution in [0.2, 0.25) is 0 Å². The third kappa shape index (κ3) is 19.2. The van der Waals surface area contributed by atoms with Crippen molar-refractivity contribution < 1.29 is 15.0 Å². The SMILES string of the molecule is C.CCCCCC[C@@H](O)C/C=C\CCCCCCCC(=O)O. The number of carbonyl (C=O) groups is 1. The lowest BCUT2D eigenvalue weighted by atomic mass is 10.1. The molecule has 0 unspecified atom stereocenters. The molecule has 0 aliphatic rings. The van der Waals surface area contributed by atoms with Crippen LogP contribution in [0.15, 0.2) is 12.2 Å². The number of aliphatic hydroxyl groups excluding tert-OH is 1. The van der Waals surface area contributed by atoms with Crippen molar-refractivity contribution in [1.82, 2.24) is 0 Å². The minimum atomic E-state index is -0.689. The van der Waals surface area contributed by atoms with E-state index in [4.69, 9.17) is 5.11 Å². The van der Waals surface area contributed by atoms with Crippen LogP contribution in [0.4, 0.5) is 0 Å². The van der Waals surface area contributed by atoms with Crippen LogP contribution in [-0.2, 0) is 4.79 Å². The van der Waals surface area contributed by atoms with Crippen molar-refractivity contribution in [2.45, 2.75) is 104 Å². The molecule has 0 bridgehead atoms. The fraction of sp³-hybridized carbons (Fsp3) is 0.842. The van der Waals surface area contributed by atoms with Crippen molar-refractivity contribution in [2.24, 2.45) is 0 Å². The largest absolute Gasteiger partial charge is 0.481 e. The average Bonchev–Trinajstić information content (AvgIpc) is 2.45. The summed E-state index contributed by atoms with van der Waals surface area (Å²) in [4.78, 5) is 10.3. The zero-order chi connectivity index (χ0) is 15.8. The summed E-state index contributed by atoms with van der Waals surface area (Å²) >= 11 is 0. The Balaban J connectivity index is 0. The summed E-state index contributed by atoms with van der Waals surface area (Å²) in [6, 6.07) is 0. The zero-order valence-corrected chi connectivity index (χ0v) is 13.7. The molecule has 0 aromatic rings. The van der Waals surface area contributed by atoms with Crippen molar-refractivity contribution in [1.29, 1.82) is 0 Å². The van der Waals surface area contributed by atoms with Gasteiger partial charge in [0.25, 0.3) is 0 Å². The van der Waals surface area contributed by atoms with Gasteiger partial charge in [-0.15, -0.1) is 0 Å². The van der Waals surface area contributed by atoms with Gasteiger partial charge in [-0.2, -0.15) is 0 Å². The van der Waals surface area contributed by atoms with E-state index in [2.05, 4.69) is 19.1 Å². The number of aliphatic carboxylic acids is 1. The minimum Gasteiger partial charge on any atom is -0.481 e. The van der Waals surface area contributed by atoms with Crippen molar-refractivity contribution in [2.75, 3.05) is 0 Å². The van der Waals surface area contributed by atoms with Gasteiger partial charge in [-0.25, -0.2) is 0 Å². The highest BCUT2D eigenvalue weighted by Crippen LogP contribution is 2.10. The normalized spacial score (nSPS) is 12.3. The molecule has 0 aromatic heterocycles. The quantitative estimate of drug-likeness (QED) is 0.300. The number of unbranched alkanes of at least 4 members (excludes halogenated alkanes) is 8. The summed E-state index contributed by atoms with van der Waals surface area (Å²) in [5.74, 6) is -0.689. The van der Waals surface area contributed by atoms with E-state index in [0.717, 1.165) is 51.4 Å². The number of aliphatic hydroxyl groups is 1. The molecule has 0 rings (SSSR count). The van der Waals surface area contributed by atoms with Gasteiger partial charge in [0.1, 0.15) is 0 Å². The van der Waals surface area contributed by atoms with Gasteiger partial charge in [-0.3, -0.25) is 4.79 Å². The molecule has 2 N–H and O–H groups in total. The van der Waals surface area contributed by atoms with Crippen LogP contribution in [0.5, 0.6) is 0 Å². The Labute approximate surface area is 137 Å². The second-order valence-corrected chi connectivity index (χ2v) is 5.91. The third-order valence-corrected chi connectivity index (χ3v) is 3.73. The fourth-order valence-electron chi connectivity index (χ4n) is 2.36. The molecule has 0 amide bonds. The van der Waals surface area contributed by atoms with E-state index in [1.54, 1.807) is 0 Å². The predicted octanol–water partition coefficient (Wildman–Crippen LogP) is 5.72. The van der Waals surface area contributed by atoms with E-state index in [0.29, 0.717) is 6.42 Å². The Bertz CT molecular complexity index is 261. The van der Waals surface area contributed by atoms with Crippen LogP contribution in [0, 0.1) is 0 Å². The summed E-state index contributed by atoms with van der Waals surface area (Å²) in [6.07, 6.45) is 17.4. The van der Waals surface area contributed by atoms with Crippen molar-refractivity contribution in [3.8, 4) is 0 Å². The number of carboxylic acids is 1. The highest BCUT2D eigenvalue weighted by molar-refractivity contribution is 5.66. The topological polar surface area (TPSA) is 57.5 Å². The molecular weight excluding hydrogens is 276 g/mol. The average molecular weight is 315 g/mol. The molecular formula is C19H38O3. The lowest BCUT2D eigenvalue weighted by molar-refractivity contribution is -0.137. The predicted molar refractivity (Wildman–Crippen MR) is 95.2 cm³/mol. The molecule has 0 aliphatic carbocycles. The summed E-state index contributed by atoms with van der Waals surface area (Å²) in [6.45, 7) is 2.20. The van der Waals surface area contributed by atoms with Crippen LogP contribution in [0.1, 0.15) is 97.8 Å². The van der Waals surface area contributed by atoms with E-state index in [9.17, 15) is 9.90 Å². The summed E-state index contributed by atoms with van der Waals surface area (Å²) in [5.41, 5.74) is 0. The van der Waals surface area contributed by atoms with Crippen LogP contribution < -0.4 is 0 Å². The summed E-state index contributed by atoms with van der Waals surface area (Å²) in [7, 11) is 0. The zero-order valence-electron chi connectivity index (χ0n) is 13.7. The van der Waals surface area contributed by atoms with Crippen LogP contribution in [0.3, 0.4) is 0 Å². The van der Waals surface area contributed by atoms with Crippen LogP contribution in [0.25, 0.3) is 0 Å². The molecule has 0 spiro atoms. The van der Waals surface area contributed by atoms with Gasteiger partial charge in [0, 0.05) is 6.42 Å². The smallest absolute Gasteiger partial charge is 0.303 e. The molecule has 3 heteroatoms. The molecule has 0 fully saturated rings. The van der Waals surface area contributed by atoms with Crippen molar-refractivity contribution in [3.05, 3.63) is 12.2 Å². The highest BCUT2D eigenvalue weighted by Gasteiger charge is 2.00. The number of carboxylic acid groups (broad SMARTS) is 1. The Hall–Kier alpha value is -0.830. The molecule has 0 saturated carbocycles. The van der Waals surface area contributed by atoms with Gasteiger partial charge < -0.3 is 10.2 Å². The molecule has 3 nitrogen and oxygen atoms in total. The molecule has 0 heterocycles. The molecule has 1 atom stereocenters. The lowest BCUT2D eigenvalue weighted by Gasteiger charge is -2.07. The maximum absolute atomic E-state index is 10.3. The second kappa shape index (κ2) is 18.2. The fourth-order valence-corrected chi connectivity index (χ4v) is 2.36. The first kappa shape index (κ1) is 23.4. The molecule has 0 saturated heterocycles. The minimum absolute atomic E-state index is 0. The third-order valence-electron chi connectivity index (χ3n) is 3.73. The number of hydrogen-bond acceptors (Lipinski definition) is 2. The van der Waals surface area contributed by atoms with E-state index < -0.39 is 5.97 Å². The summed E-state index contributed by atoms with van der Waals surface area (Å²) < 4.78 is 0. The number of rotatable bonds is 15. The maximum Gasteiger partial charge on any atom is 0.303 e. The van der Waals surface area contributed by atoms with E-state index in [1.807, 2.05) is 0 Å². The van der Waals surface area contributed by atoms with Gasteiger partial charge in [0.05, 0.1) is 6.10 Å². The Morgan fingerprint density at radius 2 is 1.59 bits per heavy atom. The Morgan fingerprint density at radius 1 is 0.955 bits per heavy atom. The maximum atomic E-state index is 10.3. The van der Waals surface area contributed by atoms with Crippen LogP contribution >= 0.6 is 0 Å². The summed E-state index contributed by atoms with van der Waals surface area (Å²) in [5, 5.41) is 18.3. The molecule has 132 valence electrons. The first-order chi connectivity index (χ1) is 10.2. The van der Waals surface area contributed by atoms with Gasteiger partial charge in [-0.05, 0) is 32.1 Å². The Morgan fingerprint density at radius 3 is 2.27 bits per heavy atom. The molecule has 22 heavy (non-hydrogen) atoms. The standard InChI is InChI=1S/C18H34O3.CH4/c1-2-3-4-11-14-17(19)15-12-9-7-5-6-8-10-13-16-18(20)21;/h9,12,17,19H,2-8,10-11,13-16H2,1H3,(H,20,21);1H4/b12-9-;/t17-;/m1./s1. The lowest BCUT2D eigenvalue weighted by Crippen LogP contribution is -2.04. The van der Waals surface area contributed by atoms with Crippen molar-refractivity contribution >= 4 is 5.97 Å². The van der Waals surface area contributed by atoms with Gasteiger partial charge in [0.2, 0.25) is 0 Å². The number of hydrogen-bond donors (Lipinski definition) is 2. The van der Waals surface area contributed by atoms with Crippen LogP contribution in [-0.4, -0.2) is 22.3 Å². The molecule has 0 aromatic carbocycles. The molecule has 0 radical (unpaired) electrons. The van der Waals surface area contributed by atoms with E-state index in [-0.39, 0.29) is 13.5 Å². The molecule has 0 aliphatic heterocycles. The van der Waals surface area contributed by atoms with Crippen molar-refractivity contribution in [3.63, 3.8) is 0 Å².